The zero-order valence-electron chi connectivity index (χ0n) is 11.7. The van der Waals surface area contributed by atoms with Gasteiger partial charge in [0.15, 0.2) is 0 Å². The van der Waals surface area contributed by atoms with Crippen LogP contribution in [0.3, 0.4) is 0 Å². The predicted molar refractivity (Wildman–Crippen MR) is 78.5 cm³/mol. The fraction of sp³-hybridized carbons (Fsp3) is 0.412. The third-order valence-electron chi connectivity index (χ3n) is 2.70. The van der Waals surface area contributed by atoms with Crippen LogP contribution < -0.4 is 0 Å². The van der Waals surface area contributed by atoms with Crippen LogP contribution in [-0.2, 0) is 11.3 Å². The monoisotopic (exact) mass is 244 g/mol. The van der Waals surface area contributed by atoms with E-state index in [-0.39, 0.29) is 0 Å². The van der Waals surface area contributed by atoms with Crippen LogP contribution in [0.25, 0.3) is 0 Å². The first kappa shape index (κ1) is 14.7. The highest BCUT2D eigenvalue weighted by atomic mass is 16.5. The van der Waals surface area contributed by atoms with Gasteiger partial charge in [-0.05, 0) is 31.7 Å². The van der Waals surface area contributed by atoms with Gasteiger partial charge in [0, 0.05) is 6.61 Å². The largest absolute Gasteiger partial charge is 0.377 e. The Labute approximate surface area is 111 Å². The summed E-state index contributed by atoms with van der Waals surface area (Å²) in [6, 6.07) is 10.3. The lowest BCUT2D eigenvalue weighted by Gasteiger charge is -2.07. The van der Waals surface area contributed by atoms with E-state index in [0.29, 0.717) is 12.5 Å². The SMILES string of the molecule is CC(C)=C/C=C/[C@H](C)CCOCc1ccccc1. The van der Waals surface area contributed by atoms with Crippen molar-refractivity contribution in [2.75, 3.05) is 6.61 Å². The van der Waals surface area contributed by atoms with E-state index in [9.17, 15) is 0 Å². The van der Waals surface area contributed by atoms with Gasteiger partial charge >= 0.3 is 0 Å². The molecule has 0 aliphatic carbocycles. The Hall–Kier alpha value is -1.34. The molecule has 0 heterocycles. The highest BCUT2D eigenvalue weighted by molar-refractivity contribution is 5.13. The van der Waals surface area contributed by atoms with Crippen LogP contribution in [0.4, 0.5) is 0 Å². The van der Waals surface area contributed by atoms with Crippen LogP contribution in [0.5, 0.6) is 0 Å². The Balaban J connectivity index is 2.14. The molecule has 0 saturated carbocycles. The highest BCUT2D eigenvalue weighted by Crippen LogP contribution is 2.06. The molecule has 1 nitrogen and oxygen atoms in total. The smallest absolute Gasteiger partial charge is 0.0716 e. The van der Waals surface area contributed by atoms with E-state index in [1.54, 1.807) is 0 Å². The van der Waals surface area contributed by atoms with Gasteiger partial charge < -0.3 is 4.74 Å². The molecule has 0 unspecified atom stereocenters. The van der Waals surface area contributed by atoms with Crippen molar-refractivity contribution in [1.82, 2.24) is 0 Å². The molecule has 0 fully saturated rings. The number of hydrogen-bond acceptors (Lipinski definition) is 1. The van der Waals surface area contributed by atoms with Gasteiger partial charge in [0.05, 0.1) is 6.61 Å². The normalized spacial score (nSPS) is 12.6. The number of allylic oxidation sites excluding steroid dienone is 4. The lowest BCUT2D eigenvalue weighted by atomic mass is 10.1. The Morgan fingerprint density at radius 2 is 1.94 bits per heavy atom. The molecule has 1 heteroatoms. The Morgan fingerprint density at radius 3 is 2.61 bits per heavy atom. The summed E-state index contributed by atoms with van der Waals surface area (Å²) in [5, 5.41) is 0. The molecule has 0 aliphatic heterocycles. The quantitative estimate of drug-likeness (QED) is 0.496. The van der Waals surface area contributed by atoms with Crippen molar-refractivity contribution in [3.8, 4) is 0 Å². The van der Waals surface area contributed by atoms with Gasteiger partial charge in [-0.25, -0.2) is 0 Å². The van der Waals surface area contributed by atoms with Gasteiger partial charge in [-0.3, -0.25) is 0 Å². The maximum absolute atomic E-state index is 5.67. The molecule has 0 radical (unpaired) electrons. The summed E-state index contributed by atoms with van der Waals surface area (Å²) in [6.07, 6.45) is 7.58. The summed E-state index contributed by atoms with van der Waals surface area (Å²) in [7, 11) is 0. The van der Waals surface area contributed by atoms with Crippen LogP contribution in [0, 0.1) is 5.92 Å². The first-order valence-electron chi connectivity index (χ1n) is 6.62. The summed E-state index contributed by atoms with van der Waals surface area (Å²) >= 11 is 0. The fourth-order valence-corrected chi connectivity index (χ4v) is 1.57. The van der Waals surface area contributed by atoms with Crippen molar-refractivity contribution in [2.45, 2.75) is 33.8 Å². The summed E-state index contributed by atoms with van der Waals surface area (Å²) in [5.41, 5.74) is 2.57. The molecule has 18 heavy (non-hydrogen) atoms. The first-order valence-corrected chi connectivity index (χ1v) is 6.62. The molecular weight excluding hydrogens is 220 g/mol. The van der Waals surface area contributed by atoms with Gasteiger partial charge in [-0.15, -0.1) is 0 Å². The maximum atomic E-state index is 5.67. The van der Waals surface area contributed by atoms with Gasteiger partial charge in [0.1, 0.15) is 0 Å². The minimum Gasteiger partial charge on any atom is -0.377 e. The zero-order chi connectivity index (χ0) is 13.2. The predicted octanol–water partition coefficient (Wildman–Crippen LogP) is 4.75. The van der Waals surface area contributed by atoms with E-state index >= 15 is 0 Å². The Kier molecular flexibility index (Phi) is 7.12. The molecule has 0 aromatic heterocycles. The van der Waals surface area contributed by atoms with Crippen molar-refractivity contribution in [3.63, 3.8) is 0 Å². The fourth-order valence-electron chi connectivity index (χ4n) is 1.57. The number of benzene rings is 1. The third kappa shape index (κ3) is 7.08. The van der Waals surface area contributed by atoms with E-state index in [4.69, 9.17) is 4.74 Å². The van der Waals surface area contributed by atoms with Crippen molar-refractivity contribution in [2.24, 2.45) is 5.92 Å². The molecule has 1 aromatic rings. The van der Waals surface area contributed by atoms with E-state index in [1.807, 2.05) is 18.2 Å². The molecule has 1 atom stereocenters. The molecule has 0 bridgehead atoms. The number of hydrogen-bond donors (Lipinski definition) is 0. The Morgan fingerprint density at radius 1 is 1.22 bits per heavy atom. The van der Waals surface area contributed by atoms with Crippen LogP contribution in [0.2, 0.25) is 0 Å². The second kappa shape index (κ2) is 8.71. The average Bonchev–Trinajstić information content (AvgIpc) is 2.35. The second-order valence-electron chi connectivity index (χ2n) is 4.93. The van der Waals surface area contributed by atoms with E-state index in [0.717, 1.165) is 13.0 Å². The summed E-state index contributed by atoms with van der Waals surface area (Å²) < 4.78 is 5.67. The Bertz CT molecular complexity index is 372. The van der Waals surface area contributed by atoms with Crippen molar-refractivity contribution in [3.05, 3.63) is 59.7 Å². The average molecular weight is 244 g/mol. The molecule has 0 aliphatic rings. The van der Waals surface area contributed by atoms with Gasteiger partial charge in [0.25, 0.3) is 0 Å². The van der Waals surface area contributed by atoms with Crippen molar-refractivity contribution >= 4 is 0 Å². The molecule has 0 saturated heterocycles. The van der Waals surface area contributed by atoms with Gasteiger partial charge in [-0.2, -0.15) is 0 Å². The maximum Gasteiger partial charge on any atom is 0.0716 e. The number of ether oxygens (including phenoxy) is 1. The minimum atomic E-state index is 0.566. The summed E-state index contributed by atoms with van der Waals surface area (Å²) in [4.78, 5) is 0. The van der Waals surface area contributed by atoms with Crippen LogP contribution in [-0.4, -0.2) is 6.61 Å². The van der Waals surface area contributed by atoms with E-state index in [2.05, 4.69) is 51.1 Å². The summed E-state index contributed by atoms with van der Waals surface area (Å²) in [5.74, 6) is 0.566. The molecule has 1 aromatic carbocycles. The van der Waals surface area contributed by atoms with Crippen LogP contribution in [0.1, 0.15) is 32.8 Å². The molecule has 0 amide bonds. The molecule has 0 spiro atoms. The van der Waals surface area contributed by atoms with E-state index in [1.165, 1.54) is 11.1 Å². The van der Waals surface area contributed by atoms with Gasteiger partial charge in [-0.1, -0.05) is 61.1 Å². The number of rotatable bonds is 7. The second-order valence-corrected chi connectivity index (χ2v) is 4.93. The lowest BCUT2D eigenvalue weighted by Crippen LogP contribution is -2.00. The van der Waals surface area contributed by atoms with Gasteiger partial charge in [0.2, 0.25) is 0 Å². The molecule has 1 rings (SSSR count). The van der Waals surface area contributed by atoms with E-state index < -0.39 is 0 Å². The highest BCUT2D eigenvalue weighted by Gasteiger charge is 1.97. The van der Waals surface area contributed by atoms with Crippen LogP contribution >= 0.6 is 0 Å². The van der Waals surface area contributed by atoms with Crippen LogP contribution in [0.15, 0.2) is 54.1 Å². The topological polar surface area (TPSA) is 9.23 Å². The molecule has 98 valence electrons. The molecular formula is C17H24O. The van der Waals surface area contributed by atoms with Crippen molar-refractivity contribution < 1.29 is 4.74 Å². The zero-order valence-corrected chi connectivity index (χ0v) is 11.7. The third-order valence-corrected chi connectivity index (χ3v) is 2.70. The first-order chi connectivity index (χ1) is 8.68. The standard InChI is InChI=1S/C17H24O/c1-15(2)8-7-9-16(3)12-13-18-14-17-10-5-4-6-11-17/h4-11,16H,12-14H2,1-3H3/b9-7+/t16-/m0/s1. The summed E-state index contributed by atoms with van der Waals surface area (Å²) in [6.45, 7) is 7.97. The van der Waals surface area contributed by atoms with Crippen molar-refractivity contribution in [1.29, 1.82) is 0 Å². The minimum absolute atomic E-state index is 0.566. The molecule has 0 N–H and O–H groups in total. The lowest BCUT2D eigenvalue weighted by molar-refractivity contribution is 0.113.